The Morgan fingerprint density at radius 2 is 2.12 bits per heavy atom. The molecule has 92 valence electrons. The smallest absolute Gasteiger partial charge is 0.121 e. The number of methoxy groups -OCH3 is 1. The van der Waals surface area contributed by atoms with Crippen molar-refractivity contribution < 1.29 is 4.74 Å². The molecule has 1 heterocycles. The van der Waals surface area contributed by atoms with E-state index >= 15 is 0 Å². The van der Waals surface area contributed by atoms with Gasteiger partial charge in [0.15, 0.2) is 0 Å². The van der Waals surface area contributed by atoms with Crippen LogP contribution in [0, 0.1) is 0 Å². The lowest BCUT2D eigenvalue weighted by atomic mass is 9.93. The molecule has 0 amide bonds. The number of ether oxygens (including phenoxy) is 1. The quantitative estimate of drug-likeness (QED) is 0.879. The molecule has 0 unspecified atom stereocenters. The molecule has 17 heavy (non-hydrogen) atoms. The molecule has 0 atom stereocenters. The first kappa shape index (κ1) is 11.9. The summed E-state index contributed by atoms with van der Waals surface area (Å²) in [5, 5.41) is 0. The van der Waals surface area contributed by atoms with Gasteiger partial charge in [-0.3, -0.25) is 0 Å². The van der Waals surface area contributed by atoms with Gasteiger partial charge in [-0.05, 0) is 12.1 Å². The van der Waals surface area contributed by atoms with Gasteiger partial charge in [0.25, 0.3) is 0 Å². The maximum atomic E-state index is 5.81. The molecule has 0 saturated carbocycles. The van der Waals surface area contributed by atoms with E-state index < -0.39 is 0 Å². The van der Waals surface area contributed by atoms with E-state index in [0.29, 0.717) is 6.54 Å². The SMILES string of the molecule is COc1ccc2nc(C(C)(C)CN)n(C)c2c1. The number of aromatic nitrogens is 2. The van der Waals surface area contributed by atoms with Gasteiger partial charge in [0.05, 0.1) is 18.1 Å². The fourth-order valence-corrected chi connectivity index (χ4v) is 1.99. The van der Waals surface area contributed by atoms with Crippen LogP contribution >= 0.6 is 0 Å². The van der Waals surface area contributed by atoms with Gasteiger partial charge in [-0.25, -0.2) is 4.98 Å². The number of hydrogen-bond donors (Lipinski definition) is 1. The predicted octanol–water partition coefficient (Wildman–Crippen LogP) is 1.82. The minimum atomic E-state index is -0.124. The Balaban J connectivity index is 2.65. The van der Waals surface area contributed by atoms with Crippen molar-refractivity contribution in [2.45, 2.75) is 19.3 Å². The summed E-state index contributed by atoms with van der Waals surface area (Å²) in [5.41, 5.74) is 7.73. The van der Waals surface area contributed by atoms with Crippen LogP contribution in [-0.2, 0) is 12.5 Å². The fourth-order valence-electron chi connectivity index (χ4n) is 1.99. The first-order valence-corrected chi connectivity index (χ1v) is 5.70. The summed E-state index contributed by atoms with van der Waals surface area (Å²) in [4.78, 5) is 4.66. The second kappa shape index (κ2) is 4.04. The summed E-state index contributed by atoms with van der Waals surface area (Å²) < 4.78 is 7.32. The number of imidazole rings is 1. The molecule has 0 radical (unpaired) electrons. The van der Waals surface area contributed by atoms with Gasteiger partial charge in [-0.1, -0.05) is 13.8 Å². The molecule has 0 aliphatic rings. The highest BCUT2D eigenvalue weighted by Crippen LogP contribution is 2.27. The second-order valence-corrected chi connectivity index (χ2v) is 4.94. The van der Waals surface area contributed by atoms with Crippen LogP contribution < -0.4 is 10.5 Å². The molecule has 0 aliphatic carbocycles. The highest BCUT2D eigenvalue weighted by Gasteiger charge is 2.25. The molecule has 1 aromatic carbocycles. The lowest BCUT2D eigenvalue weighted by molar-refractivity contribution is 0.415. The molecule has 4 nitrogen and oxygen atoms in total. The monoisotopic (exact) mass is 233 g/mol. The standard InChI is InChI=1S/C13H19N3O/c1-13(2,8-14)12-15-10-6-5-9(17-4)7-11(10)16(12)3/h5-7H,8,14H2,1-4H3. The summed E-state index contributed by atoms with van der Waals surface area (Å²) >= 11 is 0. The van der Waals surface area contributed by atoms with E-state index in [2.05, 4.69) is 23.4 Å². The van der Waals surface area contributed by atoms with Crippen LogP contribution in [0.3, 0.4) is 0 Å². The third-order valence-corrected chi connectivity index (χ3v) is 3.20. The highest BCUT2D eigenvalue weighted by atomic mass is 16.5. The van der Waals surface area contributed by atoms with Gasteiger partial charge in [-0.2, -0.15) is 0 Å². The summed E-state index contributed by atoms with van der Waals surface area (Å²) in [6.07, 6.45) is 0. The molecule has 0 saturated heterocycles. The Bertz CT molecular complexity index is 543. The van der Waals surface area contributed by atoms with Crippen molar-refractivity contribution in [3.05, 3.63) is 24.0 Å². The number of nitrogens with zero attached hydrogens (tertiary/aromatic N) is 2. The number of hydrogen-bond acceptors (Lipinski definition) is 3. The van der Waals surface area contributed by atoms with E-state index in [0.717, 1.165) is 22.6 Å². The van der Waals surface area contributed by atoms with E-state index in [4.69, 9.17) is 10.5 Å². The Hall–Kier alpha value is -1.55. The van der Waals surface area contributed by atoms with E-state index in [1.54, 1.807) is 7.11 Å². The molecule has 0 spiro atoms. The van der Waals surface area contributed by atoms with E-state index in [1.807, 2.05) is 25.2 Å². The van der Waals surface area contributed by atoms with Gasteiger partial charge in [0.1, 0.15) is 11.6 Å². The molecule has 4 heteroatoms. The summed E-state index contributed by atoms with van der Waals surface area (Å²) in [7, 11) is 3.68. The van der Waals surface area contributed by atoms with Crippen LogP contribution in [0.4, 0.5) is 0 Å². The van der Waals surface area contributed by atoms with Gasteiger partial charge in [0, 0.05) is 25.1 Å². The highest BCUT2D eigenvalue weighted by molar-refractivity contribution is 5.78. The molecule has 0 bridgehead atoms. The maximum Gasteiger partial charge on any atom is 0.121 e. The maximum absolute atomic E-state index is 5.81. The molecule has 1 aromatic heterocycles. The van der Waals surface area contributed by atoms with Crippen molar-refractivity contribution in [3.63, 3.8) is 0 Å². The van der Waals surface area contributed by atoms with Crippen molar-refractivity contribution in [2.75, 3.05) is 13.7 Å². The molecular formula is C13H19N3O. The Labute approximate surface area is 101 Å². The number of benzene rings is 1. The molecule has 0 fully saturated rings. The first-order chi connectivity index (χ1) is 7.99. The number of nitrogens with two attached hydrogens (primary N) is 1. The zero-order valence-corrected chi connectivity index (χ0v) is 10.8. The second-order valence-electron chi connectivity index (χ2n) is 4.94. The number of rotatable bonds is 3. The van der Waals surface area contributed by atoms with Gasteiger partial charge in [0.2, 0.25) is 0 Å². The summed E-state index contributed by atoms with van der Waals surface area (Å²) in [5.74, 6) is 1.85. The lowest BCUT2D eigenvalue weighted by Gasteiger charge is -2.21. The van der Waals surface area contributed by atoms with Crippen molar-refractivity contribution in [2.24, 2.45) is 12.8 Å². The van der Waals surface area contributed by atoms with Gasteiger partial charge >= 0.3 is 0 Å². The molecule has 2 rings (SSSR count). The first-order valence-electron chi connectivity index (χ1n) is 5.70. The molecular weight excluding hydrogens is 214 g/mol. The average molecular weight is 233 g/mol. The van der Waals surface area contributed by atoms with Crippen LogP contribution in [0.2, 0.25) is 0 Å². The third-order valence-electron chi connectivity index (χ3n) is 3.20. The van der Waals surface area contributed by atoms with Crippen molar-refractivity contribution >= 4 is 11.0 Å². The molecule has 2 N–H and O–H groups in total. The van der Waals surface area contributed by atoms with Crippen LogP contribution in [0.15, 0.2) is 18.2 Å². The minimum absolute atomic E-state index is 0.124. The van der Waals surface area contributed by atoms with Crippen LogP contribution in [0.1, 0.15) is 19.7 Å². The summed E-state index contributed by atoms with van der Waals surface area (Å²) in [6, 6.07) is 5.90. The average Bonchev–Trinajstić information content (AvgIpc) is 2.67. The van der Waals surface area contributed by atoms with Gasteiger partial charge < -0.3 is 15.0 Å². The van der Waals surface area contributed by atoms with E-state index in [-0.39, 0.29) is 5.41 Å². The van der Waals surface area contributed by atoms with Crippen LogP contribution in [0.5, 0.6) is 5.75 Å². The predicted molar refractivity (Wildman–Crippen MR) is 69.3 cm³/mol. The normalized spacial score (nSPS) is 12.1. The van der Waals surface area contributed by atoms with Gasteiger partial charge in [-0.15, -0.1) is 0 Å². The fraction of sp³-hybridized carbons (Fsp3) is 0.462. The topological polar surface area (TPSA) is 53.1 Å². The summed E-state index contributed by atoms with van der Waals surface area (Å²) in [6.45, 7) is 4.78. The minimum Gasteiger partial charge on any atom is -0.497 e. The van der Waals surface area contributed by atoms with Crippen molar-refractivity contribution in [3.8, 4) is 5.75 Å². The van der Waals surface area contributed by atoms with Crippen molar-refractivity contribution in [1.29, 1.82) is 0 Å². The third kappa shape index (κ3) is 1.89. The zero-order chi connectivity index (χ0) is 12.6. The van der Waals surface area contributed by atoms with Crippen molar-refractivity contribution in [1.82, 2.24) is 9.55 Å². The van der Waals surface area contributed by atoms with Crippen LogP contribution in [0.25, 0.3) is 11.0 Å². The Morgan fingerprint density at radius 3 is 2.71 bits per heavy atom. The number of fused-ring (bicyclic) bond motifs is 1. The Kier molecular flexibility index (Phi) is 2.83. The molecule has 0 aliphatic heterocycles. The molecule has 2 aromatic rings. The Morgan fingerprint density at radius 1 is 1.41 bits per heavy atom. The van der Waals surface area contributed by atoms with E-state index in [9.17, 15) is 0 Å². The largest absolute Gasteiger partial charge is 0.497 e. The number of aryl methyl sites for hydroxylation is 1. The lowest BCUT2D eigenvalue weighted by Crippen LogP contribution is -2.31. The van der Waals surface area contributed by atoms with Crippen LogP contribution in [-0.4, -0.2) is 23.2 Å². The zero-order valence-electron chi connectivity index (χ0n) is 10.8. The van der Waals surface area contributed by atoms with E-state index in [1.165, 1.54) is 0 Å².